The summed E-state index contributed by atoms with van der Waals surface area (Å²) in [7, 11) is 0. The van der Waals surface area contributed by atoms with Crippen LogP contribution in [0.3, 0.4) is 0 Å². The molecule has 1 heterocycles. The molecule has 2 fully saturated rings. The topological polar surface area (TPSA) is 102 Å². The predicted molar refractivity (Wildman–Crippen MR) is 130 cm³/mol. The van der Waals surface area contributed by atoms with Crippen molar-refractivity contribution in [1.82, 2.24) is 15.1 Å². The number of piperazine rings is 1. The Labute approximate surface area is 229 Å². The van der Waals surface area contributed by atoms with Crippen LogP contribution in [0.5, 0.6) is 0 Å². The van der Waals surface area contributed by atoms with Crippen LogP contribution in [-0.2, 0) is 16.9 Å². The van der Waals surface area contributed by atoms with E-state index in [1.165, 1.54) is 21.9 Å². The van der Waals surface area contributed by atoms with Crippen molar-refractivity contribution in [2.45, 2.75) is 37.3 Å². The Morgan fingerprint density at radius 3 is 2.12 bits per heavy atom. The number of carbonyl (C=O) groups excluding carboxylic acids is 3. The van der Waals surface area contributed by atoms with Crippen LogP contribution < -0.4 is 10.6 Å². The number of nitrogens with zero attached hydrogens (tertiary/aromatic N) is 2. The molecule has 2 aromatic rings. The van der Waals surface area contributed by atoms with Crippen molar-refractivity contribution in [3.05, 3.63) is 65.0 Å². The molecule has 1 aliphatic carbocycles. The van der Waals surface area contributed by atoms with Gasteiger partial charge in [0.15, 0.2) is 0 Å². The summed E-state index contributed by atoms with van der Waals surface area (Å²) >= 11 is 0. The third-order valence-electron chi connectivity index (χ3n) is 6.88. The summed E-state index contributed by atoms with van der Waals surface area (Å²) in [6.07, 6.45) is -9.99. The van der Waals surface area contributed by atoms with Crippen LogP contribution in [0.4, 0.5) is 41.2 Å². The number of halogens is 7. The van der Waals surface area contributed by atoms with Crippen LogP contribution in [0.2, 0.25) is 0 Å². The lowest BCUT2D eigenvalue weighted by Crippen LogP contribution is -2.54. The molecule has 0 bridgehead atoms. The number of hydrogen-bond donors (Lipinski definition) is 3. The van der Waals surface area contributed by atoms with Crippen molar-refractivity contribution in [2.75, 3.05) is 31.5 Å². The first-order valence-corrected chi connectivity index (χ1v) is 12.5. The molecule has 4 amide bonds. The molecule has 0 atom stereocenters. The van der Waals surface area contributed by atoms with Gasteiger partial charge >= 0.3 is 18.4 Å². The maximum Gasteiger partial charge on any atom is 0.430 e. The molecule has 15 heteroatoms. The Hall–Kier alpha value is -3.88. The molecule has 8 nitrogen and oxygen atoms in total. The number of nitrogens with one attached hydrogen (secondary N) is 2. The van der Waals surface area contributed by atoms with Gasteiger partial charge in [0.1, 0.15) is 12.4 Å². The van der Waals surface area contributed by atoms with Gasteiger partial charge in [-0.1, -0.05) is 24.3 Å². The summed E-state index contributed by atoms with van der Waals surface area (Å²) in [5.74, 6) is -1.63. The second kappa shape index (κ2) is 11.2. The number of rotatable bonds is 7. The molecular formula is C26H25F7N4O4. The van der Waals surface area contributed by atoms with E-state index in [4.69, 9.17) is 0 Å². The number of aliphatic hydroxyl groups is 1. The van der Waals surface area contributed by atoms with Gasteiger partial charge in [-0.3, -0.25) is 9.59 Å². The zero-order valence-corrected chi connectivity index (χ0v) is 21.3. The number of hydrogen-bond acceptors (Lipinski definition) is 4. The quantitative estimate of drug-likeness (QED) is 0.422. The molecule has 3 N–H and O–H groups in total. The maximum atomic E-state index is 14.5. The van der Waals surface area contributed by atoms with Gasteiger partial charge in [-0.2, -0.15) is 26.3 Å². The average molecular weight is 590 g/mol. The highest BCUT2D eigenvalue weighted by molar-refractivity contribution is 5.98. The smallest absolute Gasteiger partial charge is 0.369 e. The molecule has 0 spiro atoms. The van der Waals surface area contributed by atoms with Crippen LogP contribution in [0.25, 0.3) is 0 Å². The molecule has 1 saturated heterocycles. The summed E-state index contributed by atoms with van der Waals surface area (Å²) in [6, 6.07) is 5.72. The standard InChI is InChI=1S/C26H25F7N4O4/c27-19-11-17(5-8-20(19)35-23(40)34-12-15-1-2-15)22(39)37-10-9-36(21(38)14-37)13-16-3-6-18(7-4-16)24(41,25(28,29)30)26(31,32)33/h3-8,11,15,41H,1-2,9-10,12-14H2,(H2,34,35,40). The molecule has 4 rings (SSSR count). The largest absolute Gasteiger partial charge is 0.430 e. The summed E-state index contributed by atoms with van der Waals surface area (Å²) < 4.78 is 93.1. The fourth-order valence-electron chi connectivity index (χ4n) is 4.27. The summed E-state index contributed by atoms with van der Waals surface area (Å²) in [4.78, 5) is 39.8. The first-order chi connectivity index (χ1) is 19.1. The number of alkyl halides is 6. The van der Waals surface area contributed by atoms with Gasteiger partial charge in [-0.25, -0.2) is 9.18 Å². The van der Waals surface area contributed by atoms with Gasteiger partial charge in [0, 0.05) is 37.3 Å². The first kappa shape index (κ1) is 30.1. The Bertz CT molecular complexity index is 1300. The third-order valence-corrected chi connectivity index (χ3v) is 6.88. The van der Waals surface area contributed by atoms with Crippen molar-refractivity contribution in [2.24, 2.45) is 5.92 Å². The van der Waals surface area contributed by atoms with Crippen molar-refractivity contribution in [3.63, 3.8) is 0 Å². The molecule has 2 aliphatic rings. The maximum absolute atomic E-state index is 14.5. The fourth-order valence-corrected chi connectivity index (χ4v) is 4.27. The van der Waals surface area contributed by atoms with E-state index < -0.39 is 53.7 Å². The summed E-state index contributed by atoms with van der Waals surface area (Å²) in [5.41, 5.74) is -6.48. The number of urea groups is 1. The SMILES string of the molecule is O=C(NCC1CC1)Nc1ccc(C(=O)N2CCN(Cc3ccc(C(O)(C(F)(F)F)C(F)(F)F)cc3)C(=O)C2)cc1F. The Morgan fingerprint density at radius 1 is 0.951 bits per heavy atom. The minimum atomic E-state index is -6.02. The monoisotopic (exact) mass is 590 g/mol. The Morgan fingerprint density at radius 2 is 1.59 bits per heavy atom. The van der Waals surface area contributed by atoms with E-state index in [1.807, 2.05) is 0 Å². The van der Waals surface area contributed by atoms with Gasteiger partial charge in [0.05, 0.1) is 5.69 Å². The van der Waals surface area contributed by atoms with Crippen molar-refractivity contribution >= 4 is 23.5 Å². The lowest BCUT2D eigenvalue weighted by atomic mass is 9.91. The average Bonchev–Trinajstić information content (AvgIpc) is 3.73. The van der Waals surface area contributed by atoms with Crippen LogP contribution in [0, 0.1) is 11.7 Å². The van der Waals surface area contributed by atoms with Gasteiger partial charge in [-0.15, -0.1) is 0 Å². The lowest BCUT2D eigenvalue weighted by molar-refractivity contribution is -0.376. The summed E-state index contributed by atoms with van der Waals surface area (Å²) in [5, 5.41) is 14.5. The van der Waals surface area contributed by atoms with E-state index in [1.54, 1.807) is 0 Å². The van der Waals surface area contributed by atoms with Gasteiger partial charge < -0.3 is 25.5 Å². The zero-order chi connectivity index (χ0) is 30.2. The third kappa shape index (κ3) is 6.55. The lowest BCUT2D eigenvalue weighted by Gasteiger charge is -2.35. The molecule has 0 unspecified atom stereocenters. The van der Waals surface area contributed by atoms with Crippen molar-refractivity contribution in [1.29, 1.82) is 0 Å². The zero-order valence-electron chi connectivity index (χ0n) is 21.3. The molecule has 1 aliphatic heterocycles. The molecule has 222 valence electrons. The molecule has 1 saturated carbocycles. The van der Waals surface area contributed by atoms with Gasteiger partial charge in [0.25, 0.3) is 11.5 Å². The minimum Gasteiger partial charge on any atom is -0.369 e. The highest BCUT2D eigenvalue weighted by Crippen LogP contribution is 2.50. The van der Waals surface area contributed by atoms with Crippen LogP contribution in [0.1, 0.15) is 34.3 Å². The minimum absolute atomic E-state index is 0.00927. The second-order valence-corrected chi connectivity index (χ2v) is 9.92. The predicted octanol–water partition coefficient (Wildman–Crippen LogP) is 4.15. The van der Waals surface area contributed by atoms with E-state index in [0.29, 0.717) is 24.6 Å². The Balaban J connectivity index is 1.35. The van der Waals surface area contributed by atoms with Crippen molar-refractivity contribution in [3.8, 4) is 0 Å². The molecule has 0 radical (unpaired) electrons. The number of carbonyl (C=O) groups is 3. The van der Waals surface area contributed by atoms with Crippen LogP contribution in [-0.4, -0.2) is 71.3 Å². The van der Waals surface area contributed by atoms with E-state index in [2.05, 4.69) is 10.6 Å². The first-order valence-electron chi connectivity index (χ1n) is 12.5. The van der Waals surface area contributed by atoms with E-state index >= 15 is 0 Å². The van der Waals surface area contributed by atoms with Crippen LogP contribution in [0.15, 0.2) is 42.5 Å². The van der Waals surface area contributed by atoms with E-state index in [9.17, 15) is 50.2 Å². The second-order valence-electron chi connectivity index (χ2n) is 9.92. The molecule has 41 heavy (non-hydrogen) atoms. The number of anilines is 1. The fraction of sp³-hybridized carbons (Fsp3) is 0.423. The van der Waals surface area contributed by atoms with Gasteiger partial charge in [0.2, 0.25) is 5.91 Å². The Kier molecular flexibility index (Phi) is 8.21. The highest BCUT2D eigenvalue weighted by Gasteiger charge is 2.71. The highest BCUT2D eigenvalue weighted by atomic mass is 19.4. The van der Waals surface area contributed by atoms with Crippen LogP contribution >= 0.6 is 0 Å². The van der Waals surface area contributed by atoms with E-state index in [0.717, 1.165) is 31.0 Å². The molecule has 2 aromatic carbocycles. The van der Waals surface area contributed by atoms with Crippen molar-refractivity contribution < 1.29 is 50.2 Å². The summed E-state index contributed by atoms with van der Waals surface area (Å²) in [6.45, 7) is -0.0748. The van der Waals surface area contributed by atoms with Gasteiger partial charge in [-0.05, 0) is 42.5 Å². The van der Waals surface area contributed by atoms with E-state index in [-0.39, 0.29) is 36.4 Å². The molecule has 0 aromatic heterocycles. The number of amides is 4. The normalized spacial score (nSPS) is 16.5. The number of benzene rings is 2. The molecular weight excluding hydrogens is 565 g/mol.